The van der Waals surface area contributed by atoms with Crippen molar-refractivity contribution in [1.82, 2.24) is 0 Å². The van der Waals surface area contributed by atoms with Gasteiger partial charge in [-0.05, 0) is 30.1 Å². The van der Waals surface area contributed by atoms with E-state index in [2.05, 4.69) is 12.2 Å². The molecule has 17 heavy (non-hydrogen) atoms. The van der Waals surface area contributed by atoms with Crippen LogP contribution in [-0.4, -0.2) is 30.6 Å². The number of benzene rings is 1. The largest absolute Gasteiger partial charge is 0.467 e. The summed E-state index contributed by atoms with van der Waals surface area (Å²) in [5, 5.41) is 3.20. The number of para-hydroxylation sites is 1. The monoisotopic (exact) mass is 253 g/mol. The van der Waals surface area contributed by atoms with Gasteiger partial charge in [0.05, 0.1) is 7.11 Å². The van der Waals surface area contributed by atoms with Crippen LogP contribution in [0.4, 0.5) is 5.69 Å². The highest BCUT2D eigenvalue weighted by atomic mass is 32.2. The quantitative estimate of drug-likeness (QED) is 0.599. The lowest BCUT2D eigenvalue weighted by Crippen LogP contribution is -2.31. The SMILES string of the molecule is CCSCCC(Nc1ccccc1)C(=O)OC. The lowest BCUT2D eigenvalue weighted by molar-refractivity contribution is -0.141. The highest BCUT2D eigenvalue weighted by Crippen LogP contribution is 2.12. The van der Waals surface area contributed by atoms with Crippen molar-refractivity contribution in [3.05, 3.63) is 30.3 Å². The fourth-order valence-electron chi connectivity index (χ4n) is 1.47. The maximum atomic E-state index is 11.6. The van der Waals surface area contributed by atoms with Gasteiger partial charge in [0.2, 0.25) is 0 Å². The van der Waals surface area contributed by atoms with Crippen LogP contribution in [0.2, 0.25) is 0 Å². The van der Waals surface area contributed by atoms with Crippen LogP contribution in [0.3, 0.4) is 0 Å². The van der Waals surface area contributed by atoms with Crippen LogP contribution in [-0.2, 0) is 9.53 Å². The Morgan fingerprint density at radius 2 is 2.12 bits per heavy atom. The molecule has 1 atom stereocenters. The summed E-state index contributed by atoms with van der Waals surface area (Å²) in [4.78, 5) is 11.6. The number of carbonyl (C=O) groups excluding carboxylic acids is 1. The Morgan fingerprint density at radius 3 is 2.71 bits per heavy atom. The minimum atomic E-state index is -0.263. The van der Waals surface area contributed by atoms with E-state index in [1.807, 2.05) is 42.1 Å². The van der Waals surface area contributed by atoms with Crippen molar-refractivity contribution in [3.8, 4) is 0 Å². The number of carbonyl (C=O) groups is 1. The lowest BCUT2D eigenvalue weighted by Gasteiger charge is -2.17. The first-order valence-corrected chi connectivity index (χ1v) is 6.90. The molecule has 0 aliphatic rings. The molecule has 0 saturated heterocycles. The number of thioether (sulfide) groups is 1. The molecule has 4 heteroatoms. The number of methoxy groups -OCH3 is 1. The first kappa shape index (κ1) is 13.9. The Labute approximate surface area is 107 Å². The van der Waals surface area contributed by atoms with Crippen molar-refractivity contribution in [2.45, 2.75) is 19.4 Å². The number of nitrogens with one attached hydrogen (secondary N) is 1. The van der Waals surface area contributed by atoms with E-state index in [1.54, 1.807) is 0 Å². The molecule has 0 amide bonds. The molecule has 0 radical (unpaired) electrons. The second-order valence-corrected chi connectivity index (χ2v) is 4.97. The van der Waals surface area contributed by atoms with E-state index in [1.165, 1.54) is 7.11 Å². The van der Waals surface area contributed by atoms with Crippen LogP contribution < -0.4 is 5.32 Å². The van der Waals surface area contributed by atoms with Gasteiger partial charge < -0.3 is 10.1 Å². The average molecular weight is 253 g/mol. The Kier molecular flexibility index (Phi) is 6.55. The van der Waals surface area contributed by atoms with Gasteiger partial charge in [0.25, 0.3) is 0 Å². The molecule has 0 aromatic heterocycles. The van der Waals surface area contributed by atoms with Crippen LogP contribution >= 0.6 is 11.8 Å². The molecule has 0 aliphatic carbocycles. The molecule has 3 nitrogen and oxygen atoms in total. The molecule has 1 unspecified atom stereocenters. The smallest absolute Gasteiger partial charge is 0.328 e. The van der Waals surface area contributed by atoms with Crippen molar-refractivity contribution in [1.29, 1.82) is 0 Å². The van der Waals surface area contributed by atoms with Crippen molar-refractivity contribution < 1.29 is 9.53 Å². The van der Waals surface area contributed by atoms with Crippen LogP contribution in [0.25, 0.3) is 0 Å². The third-order valence-electron chi connectivity index (χ3n) is 2.36. The van der Waals surface area contributed by atoms with Gasteiger partial charge in [-0.25, -0.2) is 4.79 Å². The van der Waals surface area contributed by atoms with Gasteiger partial charge in [-0.2, -0.15) is 11.8 Å². The van der Waals surface area contributed by atoms with E-state index >= 15 is 0 Å². The summed E-state index contributed by atoms with van der Waals surface area (Å²) in [7, 11) is 1.43. The number of hydrogen-bond donors (Lipinski definition) is 1. The van der Waals surface area contributed by atoms with Gasteiger partial charge in [0.15, 0.2) is 0 Å². The molecule has 0 fully saturated rings. The minimum Gasteiger partial charge on any atom is -0.467 e. The summed E-state index contributed by atoms with van der Waals surface area (Å²) in [6.07, 6.45) is 0.778. The lowest BCUT2D eigenvalue weighted by atomic mass is 10.2. The first-order valence-electron chi connectivity index (χ1n) is 5.75. The Bertz CT molecular complexity index is 329. The van der Waals surface area contributed by atoms with Gasteiger partial charge in [-0.15, -0.1) is 0 Å². The van der Waals surface area contributed by atoms with Crippen LogP contribution in [0.5, 0.6) is 0 Å². The number of rotatable bonds is 7. The zero-order chi connectivity index (χ0) is 12.5. The Hall–Kier alpha value is -1.16. The van der Waals surface area contributed by atoms with E-state index in [4.69, 9.17) is 4.74 Å². The molecule has 1 aromatic carbocycles. The second kappa shape index (κ2) is 8.01. The minimum absolute atomic E-state index is 0.203. The molecular formula is C13H19NO2S. The molecule has 0 saturated carbocycles. The van der Waals surface area contributed by atoms with Crippen molar-refractivity contribution >= 4 is 23.4 Å². The fourth-order valence-corrected chi connectivity index (χ4v) is 2.16. The van der Waals surface area contributed by atoms with Crippen molar-refractivity contribution in [3.63, 3.8) is 0 Å². The molecule has 0 aliphatic heterocycles. The summed E-state index contributed by atoms with van der Waals surface area (Å²) in [5.41, 5.74) is 0.949. The zero-order valence-corrected chi connectivity index (χ0v) is 11.1. The van der Waals surface area contributed by atoms with E-state index in [0.717, 1.165) is 23.6 Å². The van der Waals surface area contributed by atoms with Gasteiger partial charge in [-0.1, -0.05) is 25.1 Å². The maximum Gasteiger partial charge on any atom is 0.328 e. The highest BCUT2D eigenvalue weighted by Gasteiger charge is 2.18. The molecule has 0 bridgehead atoms. The number of ether oxygens (including phenoxy) is 1. The molecular weight excluding hydrogens is 234 g/mol. The predicted molar refractivity (Wildman–Crippen MR) is 73.5 cm³/mol. The summed E-state index contributed by atoms with van der Waals surface area (Å²) >= 11 is 1.83. The summed E-state index contributed by atoms with van der Waals surface area (Å²) < 4.78 is 4.80. The summed E-state index contributed by atoms with van der Waals surface area (Å²) in [5.74, 6) is 1.82. The Morgan fingerprint density at radius 1 is 1.41 bits per heavy atom. The fraction of sp³-hybridized carbons (Fsp3) is 0.462. The molecule has 0 heterocycles. The molecule has 1 N–H and O–H groups in total. The average Bonchev–Trinajstić information content (AvgIpc) is 2.38. The highest BCUT2D eigenvalue weighted by molar-refractivity contribution is 7.99. The maximum absolute atomic E-state index is 11.6. The van der Waals surface area contributed by atoms with E-state index in [9.17, 15) is 4.79 Å². The van der Waals surface area contributed by atoms with Crippen molar-refractivity contribution in [2.24, 2.45) is 0 Å². The summed E-state index contributed by atoms with van der Waals surface area (Å²) in [6, 6.07) is 9.47. The van der Waals surface area contributed by atoms with Crippen LogP contribution in [0, 0.1) is 0 Å². The van der Waals surface area contributed by atoms with E-state index in [-0.39, 0.29) is 12.0 Å². The zero-order valence-electron chi connectivity index (χ0n) is 10.3. The Balaban J connectivity index is 2.54. The van der Waals surface area contributed by atoms with Crippen molar-refractivity contribution in [2.75, 3.05) is 23.9 Å². The van der Waals surface area contributed by atoms with E-state index in [0.29, 0.717) is 0 Å². The van der Waals surface area contributed by atoms with E-state index < -0.39 is 0 Å². The molecule has 94 valence electrons. The van der Waals surface area contributed by atoms with Crippen LogP contribution in [0.15, 0.2) is 30.3 Å². The number of hydrogen-bond acceptors (Lipinski definition) is 4. The first-order chi connectivity index (χ1) is 8.27. The molecule has 1 aromatic rings. The number of esters is 1. The third-order valence-corrected chi connectivity index (χ3v) is 3.29. The number of anilines is 1. The normalized spacial score (nSPS) is 11.9. The molecule has 0 spiro atoms. The van der Waals surface area contributed by atoms with Gasteiger partial charge in [0, 0.05) is 5.69 Å². The van der Waals surface area contributed by atoms with Gasteiger partial charge >= 0.3 is 5.97 Å². The standard InChI is InChI=1S/C13H19NO2S/c1-3-17-10-9-12(13(15)16-2)14-11-7-5-4-6-8-11/h4-8,12,14H,3,9-10H2,1-2H3. The van der Waals surface area contributed by atoms with Gasteiger partial charge in [-0.3, -0.25) is 0 Å². The van der Waals surface area contributed by atoms with Crippen LogP contribution in [0.1, 0.15) is 13.3 Å². The molecule has 1 rings (SSSR count). The topological polar surface area (TPSA) is 38.3 Å². The second-order valence-electron chi connectivity index (χ2n) is 3.57. The third kappa shape index (κ3) is 5.13. The van der Waals surface area contributed by atoms with Gasteiger partial charge in [0.1, 0.15) is 6.04 Å². The predicted octanol–water partition coefficient (Wildman–Crippen LogP) is 2.78. The summed E-state index contributed by atoms with van der Waals surface area (Å²) in [6.45, 7) is 2.11.